The molecule has 0 atom stereocenters. The summed E-state index contributed by atoms with van der Waals surface area (Å²) in [6, 6.07) is 5.32. The molecule has 0 fully saturated rings. The van der Waals surface area contributed by atoms with E-state index >= 15 is 0 Å². The van der Waals surface area contributed by atoms with Crippen LogP contribution in [0.2, 0.25) is 0 Å². The number of hydrogen-bond acceptors (Lipinski definition) is 2. The van der Waals surface area contributed by atoms with Crippen molar-refractivity contribution >= 4 is 0 Å². The molecule has 0 aliphatic rings. The monoisotopic (exact) mass is 234 g/mol. The lowest BCUT2D eigenvalue weighted by atomic mass is 10.1. The lowest BCUT2D eigenvalue weighted by Crippen LogP contribution is -1.99. The molecule has 0 saturated heterocycles. The summed E-state index contributed by atoms with van der Waals surface area (Å²) in [7, 11) is 0. The highest BCUT2D eigenvalue weighted by molar-refractivity contribution is 5.63. The van der Waals surface area contributed by atoms with Gasteiger partial charge in [0.15, 0.2) is 0 Å². The van der Waals surface area contributed by atoms with Crippen molar-refractivity contribution in [1.29, 1.82) is 0 Å². The standard InChI is InChI=1S/C13H15FN2O/c1-10-4-2-5-12(13(10)14)11-8-15-16(9-11)6-3-7-17/h2,4-5,8-9,17H,3,6-7H2,1H3. The molecule has 0 saturated carbocycles. The van der Waals surface area contributed by atoms with Gasteiger partial charge in [-0.25, -0.2) is 4.39 Å². The molecule has 0 aliphatic heterocycles. The highest BCUT2D eigenvalue weighted by atomic mass is 19.1. The van der Waals surface area contributed by atoms with Gasteiger partial charge >= 0.3 is 0 Å². The summed E-state index contributed by atoms with van der Waals surface area (Å²) >= 11 is 0. The Balaban J connectivity index is 2.27. The van der Waals surface area contributed by atoms with E-state index in [1.807, 2.05) is 6.07 Å². The van der Waals surface area contributed by atoms with E-state index in [9.17, 15) is 4.39 Å². The van der Waals surface area contributed by atoms with E-state index in [0.29, 0.717) is 24.1 Å². The van der Waals surface area contributed by atoms with Gasteiger partial charge in [-0.1, -0.05) is 18.2 Å². The Bertz CT molecular complexity index is 508. The predicted octanol–water partition coefficient (Wildman–Crippen LogP) is 2.38. The second kappa shape index (κ2) is 5.10. The third-order valence-corrected chi connectivity index (χ3v) is 2.68. The maximum atomic E-state index is 13.9. The Hall–Kier alpha value is -1.68. The van der Waals surface area contributed by atoms with Crippen LogP contribution in [-0.2, 0) is 6.54 Å². The van der Waals surface area contributed by atoms with Gasteiger partial charge < -0.3 is 5.11 Å². The summed E-state index contributed by atoms with van der Waals surface area (Å²) in [5.41, 5.74) is 1.97. The number of nitrogens with zero attached hydrogens (tertiary/aromatic N) is 2. The Morgan fingerprint density at radius 1 is 1.41 bits per heavy atom. The average Bonchev–Trinajstić information content (AvgIpc) is 2.78. The van der Waals surface area contributed by atoms with Crippen LogP contribution in [0.5, 0.6) is 0 Å². The maximum Gasteiger partial charge on any atom is 0.134 e. The van der Waals surface area contributed by atoms with E-state index in [0.717, 1.165) is 5.56 Å². The fourth-order valence-corrected chi connectivity index (χ4v) is 1.73. The normalized spacial score (nSPS) is 10.8. The van der Waals surface area contributed by atoms with Crippen LogP contribution in [0.4, 0.5) is 4.39 Å². The molecule has 2 rings (SSSR count). The summed E-state index contributed by atoms with van der Waals surface area (Å²) in [5.74, 6) is -0.200. The van der Waals surface area contributed by atoms with Crippen molar-refractivity contribution in [3.8, 4) is 11.1 Å². The Morgan fingerprint density at radius 2 is 2.24 bits per heavy atom. The lowest BCUT2D eigenvalue weighted by Gasteiger charge is -2.02. The smallest absolute Gasteiger partial charge is 0.134 e. The minimum absolute atomic E-state index is 0.133. The van der Waals surface area contributed by atoms with E-state index in [1.54, 1.807) is 36.1 Å². The molecule has 4 heteroatoms. The highest BCUT2D eigenvalue weighted by Gasteiger charge is 2.08. The van der Waals surface area contributed by atoms with Crippen LogP contribution in [0.25, 0.3) is 11.1 Å². The van der Waals surface area contributed by atoms with Crippen molar-refractivity contribution in [3.63, 3.8) is 0 Å². The third kappa shape index (κ3) is 2.53. The maximum absolute atomic E-state index is 13.9. The van der Waals surface area contributed by atoms with Crippen LogP contribution in [0.3, 0.4) is 0 Å². The zero-order valence-electron chi connectivity index (χ0n) is 9.73. The summed E-state index contributed by atoms with van der Waals surface area (Å²) < 4.78 is 15.6. The first-order valence-corrected chi connectivity index (χ1v) is 5.61. The first-order valence-electron chi connectivity index (χ1n) is 5.61. The number of aryl methyl sites for hydroxylation is 2. The van der Waals surface area contributed by atoms with Crippen molar-refractivity contribution in [2.24, 2.45) is 0 Å². The highest BCUT2D eigenvalue weighted by Crippen LogP contribution is 2.24. The number of rotatable bonds is 4. The third-order valence-electron chi connectivity index (χ3n) is 2.68. The molecule has 1 aromatic carbocycles. The molecule has 1 aromatic heterocycles. The Labute approximate surface area is 99.5 Å². The van der Waals surface area contributed by atoms with Gasteiger partial charge in [-0.15, -0.1) is 0 Å². The number of aliphatic hydroxyl groups is 1. The van der Waals surface area contributed by atoms with E-state index < -0.39 is 0 Å². The number of halogens is 1. The van der Waals surface area contributed by atoms with Crippen LogP contribution in [0.15, 0.2) is 30.6 Å². The topological polar surface area (TPSA) is 38.0 Å². The molecule has 0 spiro atoms. The van der Waals surface area contributed by atoms with Gasteiger partial charge in [0.2, 0.25) is 0 Å². The molecule has 1 heterocycles. The summed E-state index contributed by atoms with van der Waals surface area (Å²) in [4.78, 5) is 0. The van der Waals surface area contributed by atoms with Gasteiger partial charge in [0.1, 0.15) is 5.82 Å². The summed E-state index contributed by atoms with van der Waals surface area (Å²) in [5, 5.41) is 12.9. The van der Waals surface area contributed by atoms with Gasteiger partial charge in [0, 0.05) is 30.5 Å². The quantitative estimate of drug-likeness (QED) is 0.882. The van der Waals surface area contributed by atoms with E-state index in [4.69, 9.17) is 5.11 Å². The predicted molar refractivity (Wildman–Crippen MR) is 64.1 cm³/mol. The molecule has 0 radical (unpaired) electrons. The summed E-state index contributed by atoms with van der Waals surface area (Å²) in [6.07, 6.45) is 4.10. The molecular weight excluding hydrogens is 219 g/mol. The molecule has 17 heavy (non-hydrogen) atoms. The van der Waals surface area contributed by atoms with Crippen LogP contribution in [0.1, 0.15) is 12.0 Å². The largest absolute Gasteiger partial charge is 0.396 e. The first kappa shape index (κ1) is 11.8. The molecule has 2 aromatic rings. The van der Waals surface area contributed by atoms with Gasteiger partial charge in [0.05, 0.1) is 6.20 Å². The van der Waals surface area contributed by atoms with Crippen LogP contribution in [0, 0.1) is 12.7 Å². The minimum atomic E-state index is -0.200. The molecule has 90 valence electrons. The van der Waals surface area contributed by atoms with Crippen molar-refractivity contribution in [2.45, 2.75) is 19.9 Å². The van der Waals surface area contributed by atoms with Gasteiger partial charge in [-0.3, -0.25) is 4.68 Å². The number of aromatic nitrogens is 2. The molecule has 3 nitrogen and oxygen atoms in total. The van der Waals surface area contributed by atoms with Crippen LogP contribution < -0.4 is 0 Å². The second-order valence-electron chi connectivity index (χ2n) is 4.01. The Morgan fingerprint density at radius 3 is 3.00 bits per heavy atom. The number of aliphatic hydroxyl groups excluding tert-OH is 1. The molecule has 0 bridgehead atoms. The summed E-state index contributed by atoms with van der Waals surface area (Å²) in [6.45, 7) is 2.52. The van der Waals surface area contributed by atoms with E-state index in [1.165, 1.54) is 0 Å². The van der Waals surface area contributed by atoms with Gasteiger partial charge in [-0.05, 0) is 18.9 Å². The second-order valence-corrected chi connectivity index (χ2v) is 4.01. The molecule has 0 amide bonds. The van der Waals surface area contributed by atoms with Crippen LogP contribution in [-0.4, -0.2) is 21.5 Å². The van der Waals surface area contributed by atoms with E-state index in [-0.39, 0.29) is 12.4 Å². The molecule has 0 aliphatic carbocycles. The van der Waals surface area contributed by atoms with E-state index in [2.05, 4.69) is 5.10 Å². The van der Waals surface area contributed by atoms with Crippen LogP contribution >= 0.6 is 0 Å². The van der Waals surface area contributed by atoms with Gasteiger partial charge in [0.25, 0.3) is 0 Å². The van der Waals surface area contributed by atoms with Crippen molar-refractivity contribution in [3.05, 3.63) is 42.0 Å². The fourth-order valence-electron chi connectivity index (χ4n) is 1.73. The lowest BCUT2D eigenvalue weighted by molar-refractivity contribution is 0.277. The SMILES string of the molecule is Cc1cccc(-c2cnn(CCCO)c2)c1F. The fraction of sp³-hybridized carbons (Fsp3) is 0.308. The van der Waals surface area contributed by atoms with Crippen molar-refractivity contribution < 1.29 is 9.50 Å². The van der Waals surface area contributed by atoms with Crippen molar-refractivity contribution in [2.75, 3.05) is 6.61 Å². The zero-order chi connectivity index (χ0) is 12.3. The molecule has 1 N–H and O–H groups in total. The molecular formula is C13H15FN2O. The average molecular weight is 234 g/mol. The number of hydrogen-bond donors (Lipinski definition) is 1. The van der Waals surface area contributed by atoms with Gasteiger partial charge in [-0.2, -0.15) is 5.10 Å². The van der Waals surface area contributed by atoms with Crippen molar-refractivity contribution in [1.82, 2.24) is 9.78 Å². The minimum Gasteiger partial charge on any atom is -0.396 e. The Kier molecular flexibility index (Phi) is 3.54. The zero-order valence-corrected chi connectivity index (χ0v) is 9.73. The first-order chi connectivity index (χ1) is 8.22. The number of benzene rings is 1. The molecule has 0 unspecified atom stereocenters.